The second-order valence-electron chi connectivity index (χ2n) is 8.08. The maximum Gasteiger partial charge on any atom is 0.191 e. The Morgan fingerprint density at radius 3 is 2.79 bits per heavy atom. The summed E-state index contributed by atoms with van der Waals surface area (Å²) >= 11 is 0. The Bertz CT molecular complexity index is 628. The van der Waals surface area contributed by atoms with Crippen molar-refractivity contribution < 1.29 is 4.74 Å². The van der Waals surface area contributed by atoms with Crippen LogP contribution in [-0.4, -0.2) is 71.5 Å². The average molecular weight is 519 g/mol. The zero-order valence-corrected chi connectivity index (χ0v) is 20.5. The molecule has 0 aromatic carbocycles. The number of methoxy groups -OCH3 is 1. The van der Waals surface area contributed by atoms with Gasteiger partial charge in [0.15, 0.2) is 11.8 Å². The van der Waals surface area contributed by atoms with Crippen molar-refractivity contribution in [1.29, 1.82) is 0 Å². The Morgan fingerprint density at radius 2 is 2.07 bits per heavy atom. The number of rotatable bonds is 8. The zero-order valence-electron chi connectivity index (χ0n) is 18.2. The van der Waals surface area contributed by atoms with Crippen LogP contribution in [0.25, 0.3) is 0 Å². The molecule has 0 bridgehead atoms. The highest BCUT2D eigenvalue weighted by Gasteiger charge is 2.22. The van der Waals surface area contributed by atoms with Crippen LogP contribution in [0, 0.1) is 5.92 Å². The third-order valence-corrected chi connectivity index (χ3v) is 5.64. The van der Waals surface area contributed by atoms with Crippen LogP contribution in [0.1, 0.15) is 51.2 Å². The Morgan fingerprint density at radius 1 is 1.28 bits per heavy atom. The van der Waals surface area contributed by atoms with E-state index in [1.54, 1.807) is 7.11 Å². The van der Waals surface area contributed by atoms with Crippen LogP contribution in [0.15, 0.2) is 4.99 Å². The number of aromatic nitrogens is 3. The van der Waals surface area contributed by atoms with Gasteiger partial charge in [0, 0.05) is 32.7 Å². The van der Waals surface area contributed by atoms with Crippen LogP contribution in [0.4, 0.5) is 0 Å². The van der Waals surface area contributed by atoms with Crippen LogP contribution in [-0.2, 0) is 24.3 Å². The van der Waals surface area contributed by atoms with Gasteiger partial charge in [-0.3, -0.25) is 4.99 Å². The third kappa shape index (κ3) is 7.67. The highest BCUT2D eigenvalue weighted by molar-refractivity contribution is 14.0. The lowest BCUT2D eigenvalue weighted by Crippen LogP contribution is -2.47. The molecule has 9 heteroatoms. The van der Waals surface area contributed by atoms with Crippen LogP contribution >= 0.6 is 24.0 Å². The molecular formula is C20H38IN7O. The SMILES string of the molecule is CCNC(=NCCCN1CCC(C)CC1)NC1CCc2nc(COC)nn2C1.I. The standard InChI is InChI=1S/C20H37N7O.HI/c1-4-21-20(22-10-5-11-26-12-8-16(2)9-13-26)23-17-6-7-19-24-18(15-28-3)25-27(19)14-17;/h16-17H,4-15H2,1-3H3,(H2,21,22,23);1H. The van der Waals surface area contributed by atoms with Crippen LogP contribution in [0.2, 0.25) is 0 Å². The van der Waals surface area contributed by atoms with Crippen molar-refractivity contribution in [3.8, 4) is 0 Å². The van der Waals surface area contributed by atoms with E-state index in [0.29, 0.717) is 12.6 Å². The first kappa shape index (κ1) is 24.3. The minimum atomic E-state index is 0. The molecule has 2 aliphatic rings. The number of hydrogen-bond acceptors (Lipinski definition) is 5. The maximum absolute atomic E-state index is 5.15. The topological polar surface area (TPSA) is 79.6 Å². The summed E-state index contributed by atoms with van der Waals surface area (Å²) in [4.78, 5) is 11.9. The molecule has 8 nitrogen and oxygen atoms in total. The van der Waals surface area contributed by atoms with Gasteiger partial charge in [-0.25, -0.2) is 9.67 Å². The van der Waals surface area contributed by atoms with Gasteiger partial charge >= 0.3 is 0 Å². The van der Waals surface area contributed by atoms with Crippen molar-refractivity contribution in [2.75, 3.05) is 39.8 Å². The van der Waals surface area contributed by atoms with Crippen molar-refractivity contribution in [3.63, 3.8) is 0 Å². The number of likely N-dealkylation sites (tertiary alicyclic amines) is 1. The van der Waals surface area contributed by atoms with Gasteiger partial charge in [0.05, 0.1) is 6.54 Å². The summed E-state index contributed by atoms with van der Waals surface area (Å²) in [7, 11) is 1.68. The van der Waals surface area contributed by atoms with E-state index in [2.05, 4.69) is 39.5 Å². The molecule has 0 spiro atoms. The van der Waals surface area contributed by atoms with Gasteiger partial charge in [0.25, 0.3) is 0 Å². The number of halogens is 1. The smallest absolute Gasteiger partial charge is 0.191 e. The molecular weight excluding hydrogens is 481 g/mol. The van der Waals surface area contributed by atoms with E-state index in [1.807, 2.05) is 4.68 Å². The molecule has 0 radical (unpaired) electrons. The van der Waals surface area contributed by atoms with E-state index in [0.717, 1.165) is 69.0 Å². The summed E-state index contributed by atoms with van der Waals surface area (Å²) in [6.07, 6.45) is 5.77. The number of aliphatic imine (C=N–C) groups is 1. The summed E-state index contributed by atoms with van der Waals surface area (Å²) in [6, 6.07) is 0.325. The first-order valence-electron chi connectivity index (χ1n) is 10.9. The summed E-state index contributed by atoms with van der Waals surface area (Å²) < 4.78 is 7.16. The van der Waals surface area contributed by atoms with E-state index >= 15 is 0 Å². The molecule has 0 amide bonds. The summed E-state index contributed by atoms with van der Waals surface area (Å²) in [6.45, 7) is 11.1. The number of nitrogens with zero attached hydrogens (tertiary/aromatic N) is 5. The van der Waals surface area contributed by atoms with Crippen LogP contribution in [0.5, 0.6) is 0 Å². The molecule has 1 aromatic heterocycles. The molecule has 0 saturated carbocycles. The Hall–Kier alpha value is -0.940. The van der Waals surface area contributed by atoms with Gasteiger partial charge in [0.1, 0.15) is 12.4 Å². The number of ether oxygens (including phenoxy) is 1. The molecule has 0 aliphatic carbocycles. The predicted molar refractivity (Wildman–Crippen MR) is 127 cm³/mol. The lowest BCUT2D eigenvalue weighted by Gasteiger charge is -2.30. The first-order valence-corrected chi connectivity index (χ1v) is 10.9. The number of piperidine rings is 1. The van der Waals surface area contributed by atoms with Gasteiger partial charge < -0.3 is 20.3 Å². The van der Waals surface area contributed by atoms with Crippen molar-refractivity contribution in [2.24, 2.45) is 10.9 Å². The molecule has 1 unspecified atom stereocenters. The average Bonchev–Trinajstić information content (AvgIpc) is 3.08. The number of aryl methyl sites for hydroxylation is 1. The minimum Gasteiger partial charge on any atom is -0.377 e. The maximum atomic E-state index is 5.15. The number of fused-ring (bicyclic) bond motifs is 1. The largest absolute Gasteiger partial charge is 0.377 e. The van der Waals surface area contributed by atoms with E-state index in [4.69, 9.17) is 9.73 Å². The Kier molecular flexibility index (Phi) is 10.6. The van der Waals surface area contributed by atoms with Crippen LogP contribution < -0.4 is 10.6 Å². The van der Waals surface area contributed by atoms with Gasteiger partial charge in [-0.15, -0.1) is 24.0 Å². The van der Waals surface area contributed by atoms with E-state index in [-0.39, 0.29) is 24.0 Å². The second-order valence-corrected chi connectivity index (χ2v) is 8.08. The number of hydrogen-bond donors (Lipinski definition) is 2. The fourth-order valence-electron chi connectivity index (χ4n) is 3.95. The van der Waals surface area contributed by atoms with E-state index < -0.39 is 0 Å². The molecule has 29 heavy (non-hydrogen) atoms. The molecule has 2 N–H and O–H groups in total. The first-order chi connectivity index (χ1) is 13.7. The zero-order chi connectivity index (χ0) is 19.8. The van der Waals surface area contributed by atoms with Gasteiger partial charge in [-0.05, 0) is 58.2 Å². The normalized spacial score (nSPS) is 20.8. The van der Waals surface area contributed by atoms with Crippen molar-refractivity contribution in [2.45, 2.75) is 65.1 Å². The summed E-state index contributed by atoms with van der Waals surface area (Å²) in [5.74, 6) is 3.64. The van der Waals surface area contributed by atoms with Gasteiger partial charge in [-0.2, -0.15) is 5.10 Å². The highest BCUT2D eigenvalue weighted by Crippen LogP contribution is 2.16. The van der Waals surface area contributed by atoms with Crippen molar-refractivity contribution >= 4 is 29.9 Å². The van der Waals surface area contributed by atoms with Crippen molar-refractivity contribution in [3.05, 3.63) is 11.6 Å². The quantitative estimate of drug-likeness (QED) is 0.237. The summed E-state index contributed by atoms with van der Waals surface area (Å²) in [5, 5.41) is 11.5. The minimum absolute atomic E-state index is 0. The fraction of sp³-hybridized carbons (Fsp3) is 0.850. The number of guanidine groups is 1. The number of nitrogens with one attached hydrogen (secondary N) is 2. The molecule has 1 aromatic rings. The highest BCUT2D eigenvalue weighted by atomic mass is 127. The molecule has 1 saturated heterocycles. The van der Waals surface area contributed by atoms with Crippen LogP contribution in [0.3, 0.4) is 0 Å². The van der Waals surface area contributed by atoms with Gasteiger partial charge in [0.2, 0.25) is 0 Å². The fourth-order valence-corrected chi connectivity index (χ4v) is 3.95. The lowest BCUT2D eigenvalue weighted by atomic mass is 9.99. The summed E-state index contributed by atoms with van der Waals surface area (Å²) in [5.41, 5.74) is 0. The van der Waals surface area contributed by atoms with E-state index in [1.165, 1.54) is 25.9 Å². The van der Waals surface area contributed by atoms with Gasteiger partial charge in [-0.1, -0.05) is 6.92 Å². The molecule has 3 heterocycles. The van der Waals surface area contributed by atoms with E-state index in [9.17, 15) is 0 Å². The molecule has 3 rings (SSSR count). The molecule has 2 aliphatic heterocycles. The molecule has 1 atom stereocenters. The Balaban J connectivity index is 0.00000300. The monoisotopic (exact) mass is 519 g/mol. The van der Waals surface area contributed by atoms with Crippen molar-refractivity contribution in [1.82, 2.24) is 30.3 Å². The Labute approximate surface area is 192 Å². The molecule has 166 valence electrons. The molecule has 1 fully saturated rings. The predicted octanol–water partition coefficient (Wildman–Crippen LogP) is 2.03. The third-order valence-electron chi connectivity index (χ3n) is 5.64. The second kappa shape index (κ2) is 12.7. The lowest BCUT2D eigenvalue weighted by molar-refractivity contribution is 0.177.